The number of hydrogen-bond donors (Lipinski definition) is 2. The molecule has 1 fully saturated rings. The largest absolute Gasteiger partial charge is 0.368 e. The van der Waals surface area contributed by atoms with Crippen molar-refractivity contribution >= 4 is 17.5 Å². The Morgan fingerprint density at radius 1 is 1.27 bits per heavy atom. The lowest BCUT2D eigenvalue weighted by Gasteiger charge is -2.29. The number of rotatable bonds is 10. The van der Waals surface area contributed by atoms with Crippen LogP contribution in [0.15, 0.2) is 28.9 Å². The summed E-state index contributed by atoms with van der Waals surface area (Å²) in [6.07, 6.45) is 1.09. The SMILES string of the molecule is CCC(C)(C)c1nc(C(=O)C2C[C@H](F)CN2C(=O)CNC(C)(C)CNc2ccccn2)no1. The second-order valence-electron chi connectivity index (χ2n) is 9.73. The van der Waals surface area contributed by atoms with Crippen molar-refractivity contribution in [3.8, 4) is 0 Å². The minimum atomic E-state index is -1.28. The van der Waals surface area contributed by atoms with Gasteiger partial charge in [0.25, 0.3) is 0 Å². The second kappa shape index (κ2) is 9.94. The van der Waals surface area contributed by atoms with Gasteiger partial charge in [0.05, 0.1) is 13.1 Å². The van der Waals surface area contributed by atoms with Gasteiger partial charge in [0, 0.05) is 30.1 Å². The average Bonchev–Trinajstić information content (AvgIpc) is 3.44. The van der Waals surface area contributed by atoms with E-state index in [1.165, 1.54) is 4.90 Å². The molecule has 9 nitrogen and oxygen atoms in total. The van der Waals surface area contributed by atoms with E-state index >= 15 is 0 Å². The number of nitrogens with one attached hydrogen (secondary N) is 2. The number of carbonyl (C=O) groups excluding carboxylic acids is 2. The van der Waals surface area contributed by atoms with E-state index in [-0.39, 0.29) is 36.7 Å². The Kier molecular flexibility index (Phi) is 7.46. The van der Waals surface area contributed by atoms with E-state index in [4.69, 9.17) is 4.52 Å². The lowest BCUT2D eigenvalue weighted by Crippen LogP contribution is -2.51. The van der Waals surface area contributed by atoms with Crippen LogP contribution in [0.25, 0.3) is 0 Å². The fraction of sp³-hybridized carbons (Fsp3) is 0.609. The molecule has 0 bridgehead atoms. The van der Waals surface area contributed by atoms with Crippen LogP contribution in [0.3, 0.4) is 0 Å². The van der Waals surface area contributed by atoms with Gasteiger partial charge >= 0.3 is 0 Å². The minimum absolute atomic E-state index is 0.0340. The van der Waals surface area contributed by atoms with Gasteiger partial charge in [-0.25, -0.2) is 9.37 Å². The number of aromatic nitrogens is 3. The molecule has 1 amide bonds. The zero-order valence-electron chi connectivity index (χ0n) is 19.9. The van der Waals surface area contributed by atoms with Gasteiger partial charge in [-0.1, -0.05) is 32.0 Å². The van der Waals surface area contributed by atoms with Crippen molar-refractivity contribution in [3.05, 3.63) is 36.1 Å². The number of hydrogen-bond acceptors (Lipinski definition) is 8. The van der Waals surface area contributed by atoms with E-state index < -0.39 is 23.5 Å². The average molecular weight is 461 g/mol. The molecule has 0 aromatic carbocycles. The quantitative estimate of drug-likeness (QED) is 0.521. The minimum Gasteiger partial charge on any atom is -0.368 e. The van der Waals surface area contributed by atoms with Crippen LogP contribution in [0.1, 0.15) is 64.0 Å². The lowest BCUT2D eigenvalue weighted by atomic mass is 9.90. The van der Waals surface area contributed by atoms with Crippen LogP contribution in [0, 0.1) is 0 Å². The van der Waals surface area contributed by atoms with Crippen molar-refractivity contribution in [1.82, 2.24) is 25.3 Å². The topological polar surface area (TPSA) is 113 Å². The molecule has 0 spiro atoms. The standard InChI is InChI=1S/C23H33FN6O3/c1-6-22(2,3)21-28-20(29-33-21)19(32)16-11-15(24)13-30(16)18(31)12-27-23(4,5)14-26-17-9-7-8-10-25-17/h7-10,15-16,27H,6,11-14H2,1-5H3,(H,25,26)/t15-,16?/m0/s1. The van der Waals surface area contributed by atoms with E-state index in [2.05, 4.69) is 25.8 Å². The molecule has 2 aromatic rings. The van der Waals surface area contributed by atoms with Gasteiger partial charge in [0.2, 0.25) is 23.4 Å². The first-order valence-electron chi connectivity index (χ1n) is 11.2. The molecule has 1 unspecified atom stereocenters. The van der Waals surface area contributed by atoms with Gasteiger partial charge in [0.15, 0.2) is 0 Å². The summed E-state index contributed by atoms with van der Waals surface area (Å²) in [5.41, 5.74) is -0.825. The summed E-state index contributed by atoms with van der Waals surface area (Å²) < 4.78 is 19.5. The molecule has 2 aromatic heterocycles. The molecule has 2 N–H and O–H groups in total. The van der Waals surface area contributed by atoms with Crippen LogP contribution in [-0.2, 0) is 10.2 Å². The highest BCUT2D eigenvalue weighted by atomic mass is 19.1. The number of likely N-dealkylation sites (tertiary alicyclic amines) is 1. The second-order valence-corrected chi connectivity index (χ2v) is 9.73. The molecule has 0 radical (unpaired) electrons. The van der Waals surface area contributed by atoms with Gasteiger partial charge in [-0.05, 0) is 32.4 Å². The predicted octanol–water partition coefficient (Wildman–Crippen LogP) is 2.75. The molecule has 3 rings (SSSR count). The number of Topliss-reactive ketones (excluding diaryl/α,β-unsaturated/α-hetero) is 1. The van der Waals surface area contributed by atoms with Crippen LogP contribution in [-0.4, -0.2) is 69.1 Å². The number of amides is 1. The summed E-state index contributed by atoms with van der Waals surface area (Å²) in [5.74, 6) is 0.120. The molecular formula is C23H33FN6O3. The third-order valence-electron chi connectivity index (χ3n) is 6.08. The highest BCUT2D eigenvalue weighted by Crippen LogP contribution is 2.27. The van der Waals surface area contributed by atoms with Crippen molar-refractivity contribution in [2.75, 3.05) is 25.0 Å². The maximum absolute atomic E-state index is 14.2. The van der Waals surface area contributed by atoms with Crippen molar-refractivity contribution in [3.63, 3.8) is 0 Å². The number of nitrogens with zero attached hydrogens (tertiary/aromatic N) is 4. The molecule has 0 aliphatic carbocycles. The first-order valence-corrected chi connectivity index (χ1v) is 11.2. The van der Waals surface area contributed by atoms with Crippen LogP contribution < -0.4 is 10.6 Å². The van der Waals surface area contributed by atoms with Crippen molar-refractivity contribution in [2.45, 2.75) is 70.6 Å². The van der Waals surface area contributed by atoms with E-state index in [1.807, 2.05) is 52.8 Å². The Morgan fingerprint density at radius 3 is 2.70 bits per heavy atom. The molecule has 180 valence electrons. The third kappa shape index (κ3) is 6.13. The molecule has 2 atom stereocenters. The number of carbonyl (C=O) groups is 2. The van der Waals surface area contributed by atoms with Crippen LogP contribution in [0.2, 0.25) is 0 Å². The van der Waals surface area contributed by atoms with Crippen molar-refractivity contribution in [2.24, 2.45) is 0 Å². The summed E-state index contributed by atoms with van der Waals surface area (Å²) in [6, 6.07) is 4.62. The molecule has 1 aliphatic rings. The molecule has 1 aliphatic heterocycles. The van der Waals surface area contributed by atoms with E-state index in [9.17, 15) is 14.0 Å². The van der Waals surface area contributed by atoms with Crippen LogP contribution in [0.5, 0.6) is 0 Å². The molecule has 10 heteroatoms. The number of anilines is 1. The summed E-state index contributed by atoms with van der Waals surface area (Å²) in [4.78, 5) is 35.7. The smallest absolute Gasteiger partial charge is 0.240 e. The first-order chi connectivity index (χ1) is 15.5. The zero-order valence-corrected chi connectivity index (χ0v) is 19.9. The van der Waals surface area contributed by atoms with E-state index in [0.29, 0.717) is 12.4 Å². The number of alkyl halides is 1. The number of pyridine rings is 1. The Balaban J connectivity index is 1.61. The Morgan fingerprint density at radius 2 is 2.03 bits per heavy atom. The van der Waals surface area contributed by atoms with Crippen LogP contribution in [0.4, 0.5) is 10.2 Å². The number of ketones is 1. The van der Waals surface area contributed by atoms with Gasteiger partial charge in [-0.15, -0.1) is 0 Å². The molecule has 33 heavy (non-hydrogen) atoms. The normalized spacial score (nSPS) is 19.0. The third-order valence-corrected chi connectivity index (χ3v) is 6.08. The Bertz CT molecular complexity index is 962. The lowest BCUT2D eigenvalue weighted by molar-refractivity contribution is -0.130. The van der Waals surface area contributed by atoms with Gasteiger partial charge in [0.1, 0.15) is 18.0 Å². The summed E-state index contributed by atoms with van der Waals surface area (Å²) >= 11 is 0. The van der Waals surface area contributed by atoms with E-state index in [0.717, 1.165) is 12.2 Å². The van der Waals surface area contributed by atoms with Crippen molar-refractivity contribution in [1.29, 1.82) is 0 Å². The molecule has 1 saturated heterocycles. The van der Waals surface area contributed by atoms with E-state index in [1.54, 1.807) is 6.20 Å². The summed E-state index contributed by atoms with van der Waals surface area (Å²) in [5, 5.41) is 10.2. The monoisotopic (exact) mass is 460 g/mol. The highest BCUT2D eigenvalue weighted by molar-refractivity contribution is 5.99. The number of halogens is 1. The maximum Gasteiger partial charge on any atom is 0.240 e. The molecule has 3 heterocycles. The fourth-order valence-corrected chi connectivity index (χ4v) is 3.47. The summed E-state index contributed by atoms with van der Waals surface area (Å²) in [7, 11) is 0. The van der Waals surface area contributed by atoms with Gasteiger partial charge < -0.3 is 20.1 Å². The van der Waals surface area contributed by atoms with Crippen LogP contribution >= 0.6 is 0 Å². The van der Waals surface area contributed by atoms with Gasteiger partial charge in [-0.3, -0.25) is 9.59 Å². The zero-order chi connectivity index (χ0) is 24.2. The van der Waals surface area contributed by atoms with Gasteiger partial charge in [-0.2, -0.15) is 4.98 Å². The Hall–Kier alpha value is -2.88. The fourth-order valence-electron chi connectivity index (χ4n) is 3.47. The maximum atomic E-state index is 14.2. The Labute approximate surface area is 193 Å². The predicted molar refractivity (Wildman–Crippen MR) is 122 cm³/mol. The molecular weight excluding hydrogens is 427 g/mol. The first kappa shape index (κ1) is 24.8. The summed E-state index contributed by atoms with van der Waals surface area (Å²) in [6.45, 7) is 10.1. The molecule has 0 saturated carbocycles. The van der Waals surface area contributed by atoms with Crippen molar-refractivity contribution < 1.29 is 18.5 Å². The highest BCUT2D eigenvalue weighted by Gasteiger charge is 2.42.